The number of allylic oxidation sites excluding steroid dienone is 1. The van der Waals surface area contributed by atoms with E-state index in [1.54, 1.807) is 6.20 Å². The summed E-state index contributed by atoms with van der Waals surface area (Å²) >= 11 is 0. The number of nitrogens with two attached hydrogens (primary N) is 1. The van der Waals surface area contributed by atoms with Crippen molar-refractivity contribution in [3.8, 4) is 0 Å². The third kappa shape index (κ3) is 5.51. The Bertz CT molecular complexity index is 288. The normalized spacial score (nSPS) is 18.3. The van der Waals surface area contributed by atoms with Gasteiger partial charge in [0.25, 0.3) is 0 Å². The smallest absolute Gasteiger partial charge is 0.321 e. The lowest BCUT2D eigenvalue weighted by Crippen LogP contribution is -2.51. The minimum absolute atomic E-state index is 0.0112. The SMILES string of the molecule is CC(C)(C)/C=C/NC(=O)N1CCN(CCN)CC1. The van der Waals surface area contributed by atoms with Gasteiger partial charge in [-0.2, -0.15) is 0 Å². The summed E-state index contributed by atoms with van der Waals surface area (Å²) in [7, 11) is 0. The summed E-state index contributed by atoms with van der Waals surface area (Å²) in [5.74, 6) is 0. The standard InChI is InChI=1S/C13H26N4O/c1-13(2,3)4-6-15-12(18)17-10-8-16(7-5-14)9-11-17/h4,6H,5,7-11,14H2,1-3H3,(H,15,18)/b6-4+. The molecule has 0 aromatic carbocycles. The lowest BCUT2D eigenvalue weighted by Gasteiger charge is -2.34. The molecule has 1 heterocycles. The van der Waals surface area contributed by atoms with Gasteiger partial charge in [0, 0.05) is 45.5 Å². The molecule has 1 saturated heterocycles. The quantitative estimate of drug-likeness (QED) is 0.784. The first-order chi connectivity index (χ1) is 8.42. The first kappa shape index (κ1) is 15.0. The van der Waals surface area contributed by atoms with E-state index in [0.717, 1.165) is 32.7 Å². The van der Waals surface area contributed by atoms with Crippen molar-refractivity contribution in [3.63, 3.8) is 0 Å². The molecule has 5 nitrogen and oxygen atoms in total. The van der Waals surface area contributed by atoms with Gasteiger partial charge in [-0.05, 0) is 5.41 Å². The topological polar surface area (TPSA) is 61.6 Å². The van der Waals surface area contributed by atoms with Crippen LogP contribution < -0.4 is 11.1 Å². The number of urea groups is 1. The van der Waals surface area contributed by atoms with E-state index in [1.165, 1.54) is 0 Å². The molecule has 0 spiro atoms. The average molecular weight is 254 g/mol. The molecular weight excluding hydrogens is 228 g/mol. The summed E-state index contributed by atoms with van der Waals surface area (Å²) < 4.78 is 0. The lowest BCUT2D eigenvalue weighted by atomic mass is 9.97. The summed E-state index contributed by atoms with van der Waals surface area (Å²) in [6.45, 7) is 11.3. The van der Waals surface area contributed by atoms with Crippen LogP contribution in [-0.4, -0.2) is 55.1 Å². The van der Waals surface area contributed by atoms with E-state index in [0.29, 0.717) is 6.54 Å². The van der Waals surface area contributed by atoms with Crippen molar-refractivity contribution >= 4 is 6.03 Å². The molecule has 0 bridgehead atoms. The second-order valence-electron chi connectivity index (χ2n) is 5.77. The number of piperazine rings is 1. The number of carbonyl (C=O) groups is 1. The molecule has 3 N–H and O–H groups in total. The number of rotatable bonds is 3. The van der Waals surface area contributed by atoms with Crippen LogP contribution in [0.3, 0.4) is 0 Å². The molecule has 0 radical (unpaired) electrons. The maximum absolute atomic E-state index is 11.9. The molecule has 0 saturated carbocycles. The Kier molecular flexibility index (Phi) is 5.62. The molecule has 1 aliphatic heterocycles. The largest absolute Gasteiger partial charge is 0.329 e. The monoisotopic (exact) mass is 254 g/mol. The average Bonchev–Trinajstić information content (AvgIpc) is 2.28. The Hall–Kier alpha value is -1.07. The van der Waals surface area contributed by atoms with Crippen LogP contribution >= 0.6 is 0 Å². The molecule has 2 amide bonds. The summed E-state index contributed by atoms with van der Waals surface area (Å²) in [6.07, 6.45) is 3.74. The van der Waals surface area contributed by atoms with Crippen LogP contribution in [0.2, 0.25) is 0 Å². The Labute approximate surface area is 110 Å². The zero-order valence-corrected chi connectivity index (χ0v) is 11.8. The van der Waals surface area contributed by atoms with Crippen LogP contribution in [0.1, 0.15) is 20.8 Å². The highest BCUT2D eigenvalue weighted by atomic mass is 16.2. The van der Waals surface area contributed by atoms with Gasteiger partial charge in [0.15, 0.2) is 0 Å². The Morgan fingerprint density at radius 2 is 1.89 bits per heavy atom. The van der Waals surface area contributed by atoms with Gasteiger partial charge in [-0.15, -0.1) is 0 Å². The predicted molar refractivity (Wildman–Crippen MR) is 74.2 cm³/mol. The highest BCUT2D eigenvalue weighted by molar-refractivity contribution is 5.75. The summed E-state index contributed by atoms with van der Waals surface area (Å²) in [5, 5.41) is 2.82. The first-order valence-electron chi connectivity index (χ1n) is 6.58. The van der Waals surface area contributed by atoms with Crippen LogP contribution in [0.15, 0.2) is 12.3 Å². The molecule has 0 aromatic rings. The fourth-order valence-corrected chi connectivity index (χ4v) is 1.81. The zero-order chi connectivity index (χ0) is 13.6. The van der Waals surface area contributed by atoms with Gasteiger partial charge in [-0.1, -0.05) is 26.8 Å². The maximum Gasteiger partial charge on any atom is 0.321 e. The van der Waals surface area contributed by atoms with Crippen LogP contribution in [0.4, 0.5) is 4.79 Å². The Balaban J connectivity index is 2.30. The molecule has 18 heavy (non-hydrogen) atoms. The van der Waals surface area contributed by atoms with E-state index in [4.69, 9.17) is 5.73 Å². The van der Waals surface area contributed by atoms with Gasteiger partial charge in [0.1, 0.15) is 0 Å². The van der Waals surface area contributed by atoms with Gasteiger partial charge in [0.05, 0.1) is 0 Å². The third-order valence-electron chi connectivity index (χ3n) is 2.89. The second-order valence-corrected chi connectivity index (χ2v) is 5.77. The fourth-order valence-electron chi connectivity index (χ4n) is 1.81. The van der Waals surface area contributed by atoms with Crippen molar-refractivity contribution in [3.05, 3.63) is 12.3 Å². The van der Waals surface area contributed by atoms with E-state index in [2.05, 4.69) is 31.0 Å². The minimum atomic E-state index is -0.0112. The van der Waals surface area contributed by atoms with Crippen LogP contribution in [0, 0.1) is 5.41 Å². The summed E-state index contributed by atoms with van der Waals surface area (Å²) in [5.41, 5.74) is 5.61. The van der Waals surface area contributed by atoms with Gasteiger partial charge in [0.2, 0.25) is 0 Å². The van der Waals surface area contributed by atoms with Crippen molar-refractivity contribution in [1.29, 1.82) is 0 Å². The van der Waals surface area contributed by atoms with Gasteiger partial charge >= 0.3 is 6.03 Å². The van der Waals surface area contributed by atoms with E-state index in [-0.39, 0.29) is 11.4 Å². The molecule has 5 heteroatoms. The molecule has 0 atom stereocenters. The molecule has 1 aliphatic rings. The van der Waals surface area contributed by atoms with Crippen molar-refractivity contribution in [2.24, 2.45) is 11.1 Å². The maximum atomic E-state index is 11.9. The summed E-state index contributed by atoms with van der Waals surface area (Å²) in [4.78, 5) is 16.0. The van der Waals surface area contributed by atoms with Crippen molar-refractivity contribution in [1.82, 2.24) is 15.1 Å². The van der Waals surface area contributed by atoms with Crippen LogP contribution in [-0.2, 0) is 0 Å². The number of amides is 2. The van der Waals surface area contributed by atoms with Gasteiger partial charge < -0.3 is 16.0 Å². The number of nitrogens with one attached hydrogen (secondary N) is 1. The minimum Gasteiger partial charge on any atom is -0.329 e. The van der Waals surface area contributed by atoms with E-state index in [9.17, 15) is 4.79 Å². The number of hydrogen-bond donors (Lipinski definition) is 2. The Morgan fingerprint density at radius 1 is 1.28 bits per heavy atom. The van der Waals surface area contributed by atoms with E-state index < -0.39 is 0 Å². The van der Waals surface area contributed by atoms with E-state index >= 15 is 0 Å². The van der Waals surface area contributed by atoms with Crippen LogP contribution in [0.5, 0.6) is 0 Å². The second kappa shape index (κ2) is 6.75. The predicted octanol–water partition coefficient (Wildman–Crippen LogP) is 0.832. The molecule has 0 unspecified atom stereocenters. The molecule has 1 fully saturated rings. The molecule has 0 aliphatic carbocycles. The van der Waals surface area contributed by atoms with Crippen molar-refractivity contribution < 1.29 is 4.79 Å². The fraction of sp³-hybridized carbons (Fsp3) is 0.769. The number of nitrogens with zero attached hydrogens (tertiary/aromatic N) is 2. The van der Waals surface area contributed by atoms with Crippen molar-refractivity contribution in [2.75, 3.05) is 39.3 Å². The summed E-state index contributed by atoms with van der Waals surface area (Å²) in [6, 6.07) is -0.0112. The third-order valence-corrected chi connectivity index (χ3v) is 2.89. The van der Waals surface area contributed by atoms with Gasteiger partial charge in [-0.3, -0.25) is 4.90 Å². The molecule has 104 valence electrons. The highest BCUT2D eigenvalue weighted by Crippen LogP contribution is 2.13. The van der Waals surface area contributed by atoms with Gasteiger partial charge in [-0.25, -0.2) is 4.79 Å². The zero-order valence-electron chi connectivity index (χ0n) is 11.8. The number of hydrogen-bond acceptors (Lipinski definition) is 3. The molecular formula is C13H26N4O. The van der Waals surface area contributed by atoms with E-state index in [1.807, 2.05) is 11.0 Å². The first-order valence-corrected chi connectivity index (χ1v) is 6.58. The lowest BCUT2D eigenvalue weighted by molar-refractivity contribution is 0.143. The highest BCUT2D eigenvalue weighted by Gasteiger charge is 2.19. The van der Waals surface area contributed by atoms with Crippen LogP contribution in [0.25, 0.3) is 0 Å². The number of carbonyl (C=O) groups excluding carboxylic acids is 1. The molecule has 0 aromatic heterocycles. The Morgan fingerprint density at radius 3 is 2.39 bits per heavy atom. The molecule has 1 rings (SSSR count). The van der Waals surface area contributed by atoms with Crippen molar-refractivity contribution in [2.45, 2.75) is 20.8 Å².